The number of nitrogens with one attached hydrogen (secondary N) is 1. The monoisotopic (exact) mass is 273 g/mol. The molecule has 0 unspecified atom stereocenters. The van der Waals surface area contributed by atoms with Crippen LogP contribution in [-0.4, -0.2) is 29.1 Å². The van der Waals surface area contributed by atoms with E-state index in [1.54, 1.807) is 12.1 Å². The molecule has 1 heterocycles. The van der Waals surface area contributed by atoms with Crippen LogP contribution in [-0.2, 0) is 0 Å². The van der Waals surface area contributed by atoms with Crippen LogP contribution in [0.2, 0.25) is 0 Å². The number of carbonyl (C=O) groups excluding carboxylic acids is 1. The molecule has 0 spiro atoms. The zero-order valence-electron chi connectivity index (χ0n) is 11.3. The van der Waals surface area contributed by atoms with Gasteiger partial charge < -0.3 is 16.2 Å². The topological polar surface area (TPSA) is 88.2 Å². The molecule has 0 aliphatic rings. The zero-order valence-corrected chi connectivity index (χ0v) is 11.3. The van der Waals surface area contributed by atoms with Gasteiger partial charge in [-0.3, -0.25) is 4.79 Å². The quantitative estimate of drug-likeness (QED) is 0.552. The maximum absolute atomic E-state index is 12.0. The number of amides is 1. The molecule has 1 aromatic carbocycles. The molecule has 0 saturated heterocycles. The van der Waals surface area contributed by atoms with Gasteiger partial charge in [-0.15, -0.1) is 0 Å². The van der Waals surface area contributed by atoms with E-state index in [9.17, 15) is 4.79 Å². The SMILES string of the molecule is Nc1cccc2ccc(C(=O)NCCCCCO)nc12. The molecular weight excluding hydrogens is 254 g/mol. The fourth-order valence-corrected chi connectivity index (χ4v) is 2.00. The Bertz CT molecular complexity index is 599. The summed E-state index contributed by atoms with van der Waals surface area (Å²) < 4.78 is 0. The Labute approximate surface area is 117 Å². The van der Waals surface area contributed by atoms with E-state index in [1.165, 1.54) is 0 Å². The molecule has 0 aliphatic heterocycles. The minimum absolute atomic E-state index is 0.194. The van der Waals surface area contributed by atoms with Gasteiger partial charge in [0.2, 0.25) is 0 Å². The molecule has 2 aromatic rings. The summed E-state index contributed by atoms with van der Waals surface area (Å²) in [5.41, 5.74) is 7.46. The second-order valence-corrected chi connectivity index (χ2v) is 4.66. The third-order valence-electron chi connectivity index (χ3n) is 3.10. The molecular formula is C15H19N3O2. The van der Waals surface area contributed by atoms with E-state index in [1.807, 2.05) is 18.2 Å². The van der Waals surface area contributed by atoms with Crippen LogP contribution in [0, 0.1) is 0 Å². The van der Waals surface area contributed by atoms with Crippen molar-refractivity contribution in [3.63, 3.8) is 0 Å². The van der Waals surface area contributed by atoms with Crippen LogP contribution in [0.5, 0.6) is 0 Å². The highest BCUT2D eigenvalue weighted by molar-refractivity contribution is 5.97. The van der Waals surface area contributed by atoms with Gasteiger partial charge in [-0.05, 0) is 31.4 Å². The number of nitrogen functional groups attached to an aromatic ring is 1. The van der Waals surface area contributed by atoms with E-state index in [0.717, 1.165) is 24.6 Å². The first-order chi connectivity index (χ1) is 9.72. The predicted octanol–water partition coefficient (Wildman–Crippen LogP) is 1.71. The third kappa shape index (κ3) is 3.45. The van der Waals surface area contributed by atoms with Crippen LogP contribution in [0.4, 0.5) is 5.69 Å². The van der Waals surface area contributed by atoms with Gasteiger partial charge in [0.15, 0.2) is 0 Å². The highest BCUT2D eigenvalue weighted by Gasteiger charge is 2.08. The normalized spacial score (nSPS) is 10.7. The molecule has 0 fully saturated rings. The average molecular weight is 273 g/mol. The third-order valence-corrected chi connectivity index (χ3v) is 3.10. The van der Waals surface area contributed by atoms with E-state index in [2.05, 4.69) is 10.3 Å². The molecule has 0 radical (unpaired) electrons. The van der Waals surface area contributed by atoms with Crippen LogP contribution in [0.25, 0.3) is 10.9 Å². The fourth-order valence-electron chi connectivity index (χ4n) is 2.00. The van der Waals surface area contributed by atoms with Gasteiger partial charge in [0.1, 0.15) is 5.69 Å². The van der Waals surface area contributed by atoms with Crippen LogP contribution in [0.1, 0.15) is 29.8 Å². The van der Waals surface area contributed by atoms with Crippen molar-refractivity contribution in [2.24, 2.45) is 0 Å². The summed E-state index contributed by atoms with van der Waals surface area (Å²) >= 11 is 0. The summed E-state index contributed by atoms with van der Waals surface area (Å²) in [4.78, 5) is 16.3. The Morgan fingerprint density at radius 1 is 1.20 bits per heavy atom. The number of carbonyl (C=O) groups is 1. The molecule has 1 aromatic heterocycles. The highest BCUT2D eigenvalue weighted by Crippen LogP contribution is 2.18. The Hall–Kier alpha value is -2.14. The Kier molecular flexibility index (Phi) is 4.90. The predicted molar refractivity (Wildman–Crippen MR) is 79.4 cm³/mol. The largest absolute Gasteiger partial charge is 0.397 e. The number of pyridine rings is 1. The number of hydrogen-bond donors (Lipinski definition) is 3. The Balaban J connectivity index is 2.01. The summed E-state index contributed by atoms with van der Waals surface area (Å²) in [6.45, 7) is 0.780. The first kappa shape index (κ1) is 14.3. The second kappa shape index (κ2) is 6.86. The molecule has 0 aliphatic carbocycles. The number of nitrogens with two attached hydrogens (primary N) is 1. The van der Waals surface area contributed by atoms with Crippen LogP contribution in [0.3, 0.4) is 0 Å². The lowest BCUT2D eigenvalue weighted by molar-refractivity contribution is 0.0948. The maximum atomic E-state index is 12.0. The minimum Gasteiger partial charge on any atom is -0.397 e. The van der Waals surface area contributed by atoms with Crippen molar-refractivity contribution in [1.29, 1.82) is 0 Å². The number of aliphatic hydroxyl groups excluding tert-OH is 1. The fraction of sp³-hybridized carbons (Fsp3) is 0.333. The van der Waals surface area contributed by atoms with Crippen molar-refractivity contribution in [2.45, 2.75) is 19.3 Å². The Morgan fingerprint density at radius 3 is 2.85 bits per heavy atom. The van der Waals surface area contributed by atoms with Gasteiger partial charge in [0, 0.05) is 18.5 Å². The van der Waals surface area contributed by atoms with E-state index in [0.29, 0.717) is 23.4 Å². The van der Waals surface area contributed by atoms with Crippen LogP contribution < -0.4 is 11.1 Å². The molecule has 0 saturated carbocycles. The lowest BCUT2D eigenvalue weighted by Crippen LogP contribution is -2.25. The lowest BCUT2D eigenvalue weighted by atomic mass is 10.1. The second-order valence-electron chi connectivity index (χ2n) is 4.66. The number of aromatic nitrogens is 1. The molecule has 106 valence electrons. The van der Waals surface area contributed by atoms with Crippen molar-refractivity contribution in [3.8, 4) is 0 Å². The summed E-state index contributed by atoms with van der Waals surface area (Å²) in [7, 11) is 0. The molecule has 1 amide bonds. The lowest BCUT2D eigenvalue weighted by Gasteiger charge is -2.06. The standard InChI is InChI=1S/C15H19N3O2/c16-12-6-4-5-11-7-8-13(18-14(11)12)15(20)17-9-2-1-3-10-19/h4-8,19H,1-3,9-10,16H2,(H,17,20). The maximum Gasteiger partial charge on any atom is 0.269 e. The van der Waals surface area contributed by atoms with Crippen LogP contribution in [0.15, 0.2) is 30.3 Å². The van der Waals surface area contributed by atoms with Crippen molar-refractivity contribution >= 4 is 22.5 Å². The number of rotatable bonds is 6. The van der Waals surface area contributed by atoms with Crippen molar-refractivity contribution in [3.05, 3.63) is 36.0 Å². The number of benzene rings is 1. The summed E-state index contributed by atoms with van der Waals surface area (Å²) in [5, 5.41) is 12.4. The number of nitrogens with zero attached hydrogens (tertiary/aromatic N) is 1. The minimum atomic E-state index is -0.195. The summed E-state index contributed by atoms with van der Waals surface area (Å²) in [6.07, 6.45) is 2.51. The average Bonchev–Trinajstić information content (AvgIpc) is 2.47. The number of fused-ring (bicyclic) bond motifs is 1. The highest BCUT2D eigenvalue weighted by atomic mass is 16.2. The van der Waals surface area contributed by atoms with Gasteiger partial charge in [0.05, 0.1) is 11.2 Å². The number of unbranched alkanes of at least 4 members (excludes halogenated alkanes) is 2. The summed E-state index contributed by atoms with van der Waals surface area (Å²) in [6, 6.07) is 9.09. The van der Waals surface area contributed by atoms with Gasteiger partial charge in [-0.1, -0.05) is 18.2 Å². The van der Waals surface area contributed by atoms with Crippen molar-refractivity contribution < 1.29 is 9.90 Å². The van der Waals surface area contributed by atoms with Gasteiger partial charge in [-0.25, -0.2) is 4.98 Å². The number of para-hydroxylation sites is 1. The zero-order chi connectivity index (χ0) is 14.4. The van der Waals surface area contributed by atoms with E-state index < -0.39 is 0 Å². The summed E-state index contributed by atoms with van der Waals surface area (Å²) in [5.74, 6) is -0.195. The van der Waals surface area contributed by atoms with Crippen LogP contribution >= 0.6 is 0 Å². The first-order valence-corrected chi connectivity index (χ1v) is 6.76. The molecule has 4 N–H and O–H groups in total. The van der Waals surface area contributed by atoms with E-state index >= 15 is 0 Å². The molecule has 5 heteroatoms. The molecule has 20 heavy (non-hydrogen) atoms. The van der Waals surface area contributed by atoms with Crippen molar-refractivity contribution in [2.75, 3.05) is 18.9 Å². The van der Waals surface area contributed by atoms with Crippen molar-refractivity contribution in [1.82, 2.24) is 10.3 Å². The van der Waals surface area contributed by atoms with Gasteiger partial charge in [0.25, 0.3) is 5.91 Å². The number of anilines is 1. The van der Waals surface area contributed by atoms with E-state index in [4.69, 9.17) is 10.8 Å². The van der Waals surface area contributed by atoms with E-state index in [-0.39, 0.29) is 12.5 Å². The molecule has 0 atom stereocenters. The molecule has 2 rings (SSSR count). The van der Waals surface area contributed by atoms with Gasteiger partial charge in [-0.2, -0.15) is 0 Å². The Morgan fingerprint density at radius 2 is 2.05 bits per heavy atom. The molecule has 0 bridgehead atoms. The molecule has 5 nitrogen and oxygen atoms in total. The number of hydrogen-bond acceptors (Lipinski definition) is 4. The smallest absolute Gasteiger partial charge is 0.269 e. The number of aliphatic hydroxyl groups is 1. The van der Waals surface area contributed by atoms with Gasteiger partial charge >= 0.3 is 0 Å². The first-order valence-electron chi connectivity index (χ1n) is 6.76.